The summed E-state index contributed by atoms with van der Waals surface area (Å²) in [6.07, 6.45) is 0.684. The molecule has 0 unspecified atom stereocenters. The van der Waals surface area contributed by atoms with Crippen LogP contribution in [0.1, 0.15) is 42.2 Å². The quantitative estimate of drug-likeness (QED) is 0.840. The molecule has 0 saturated carbocycles. The highest BCUT2D eigenvalue weighted by atomic mass is 79.9. The van der Waals surface area contributed by atoms with Gasteiger partial charge in [-0.05, 0) is 60.1 Å². The van der Waals surface area contributed by atoms with Gasteiger partial charge in [-0.1, -0.05) is 12.1 Å². The van der Waals surface area contributed by atoms with Crippen molar-refractivity contribution in [2.24, 2.45) is 0 Å². The van der Waals surface area contributed by atoms with Crippen LogP contribution in [0.5, 0.6) is 11.5 Å². The zero-order valence-corrected chi connectivity index (χ0v) is 15.5. The van der Waals surface area contributed by atoms with Crippen LogP contribution in [0.15, 0.2) is 46.9 Å². The van der Waals surface area contributed by atoms with Crippen LogP contribution in [0.4, 0.5) is 0 Å². The summed E-state index contributed by atoms with van der Waals surface area (Å²) >= 11 is 3.43. The summed E-state index contributed by atoms with van der Waals surface area (Å²) in [5.41, 5.74) is 1.20. The lowest BCUT2D eigenvalue weighted by molar-refractivity contribution is 0.0618. The molecule has 2 aromatic rings. The SMILES string of the molecule is COc1ccc2c(c1)[C@H](NC(=O)c1ccccc1Br)CC(C)(C)O2. The van der Waals surface area contributed by atoms with Crippen molar-refractivity contribution in [1.29, 1.82) is 0 Å². The van der Waals surface area contributed by atoms with Crippen molar-refractivity contribution in [2.45, 2.75) is 31.9 Å². The molecule has 0 fully saturated rings. The summed E-state index contributed by atoms with van der Waals surface area (Å²) in [5, 5.41) is 3.13. The lowest BCUT2D eigenvalue weighted by Crippen LogP contribution is -2.41. The smallest absolute Gasteiger partial charge is 0.252 e. The molecule has 0 aromatic heterocycles. The number of nitrogens with one attached hydrogen (secondary N) is 1. The molecule has 0 spiro atoms. The number of ether oxygens (including phenoxy) is 2. The number of amides is 1. The second-order valence-electron chi connectivity index (χ2n) is 6.48. The number of benzene rings is 2. The van der Waals surface area contributed by atoms with Gasteiger partial charge in [-0.25, -0.2) is 0 Å². The van der Waals surface area contributed by atoms with Crippen LogP contribution in [-0.2, 0) is 0 Å². The summed E-state index contributed by atoms with van der Waals surface area (Å²) in [6.45, 7) is 4.05. The van der Waals surface area contributed by atoms with Crippen LogP contribution in [0.3, 0.4) is 0 Å². The van der Waals surface area contributed by atoms with E-state index in [9.17, 15) is 4.79 Å². The van der Waals surface area contributed by atoms with Gasteiger partial charge >= 0.3 is 0 Å². The predicted octanol–water partition coefficient (Wildman–Crippen LogP) is 4.49. The molecule has 1 N–H and O–H groups in total. The first-order valence-electron chi connectivity index (χ1n) is 7.82. The van der Waals surface area contributed by atoms with Gasteiger partial charge in [0.15, 0.2) is 0 Å². The fourth-order valence-corrected chi connectivity index (χ4v) is 3.43. The molecule has 0 bridgehead atoms. The number of hydrogen-bond donors (Lipinski definition) is 1. The minimum Gasteiger partial charge on any atom is -0.497 e. The molecule has 126 valence electrons. The Morgan fingerprint density at radius 1 is 1.29 bits per heavy atom. The molecule has 0 saturated heterocycles. The van der Waals surface area contributed by atoms with Crippen molar-refractivity contribution in [2.75, 3.05) is 7.11 Å². The minimum atomic E-state index is -0.354. The summed E-state index contributed by atoms with van der Waals surface area (Å²) < 4.78 is 12.1. The van der Waals surface area contributed by atoms with Gasteiger partial charge in [-0.15, -0.1) is 0 Å². The fourth-order valence-electron chi connectivity index (χ4n) is 2.97. The summed E-state index contributed by atoms with van der Waals surface area (Å²) in [7, 11) is 1.63. The highest BCUT2D eigenvalue weighted by molar-refractivity contribution is 9.10. The van der Waals surface area contributed by atoms with E-state index in [1.165, 1.54) is 0 Å². The molecular weight excluding hydrogens is 370 g/mol. The average Bonchev–Trinajstić information content (AvgIpc) is 2.54. The first-order chi connectivity index (χ1) is 11.4. The maximum Gasteiger partial charge on any atom is 0.252 e. The maximum absolute atomic E-state index is 12.7. The lowest BCUT2D eigenvalue weighted by atomic mass is 9.89. The van der Waals surface area contributed by atoms with Gasteiger partial charge in [-0.3, -0.25) is 4.79 Å². The molecule has 5 heteroatoms. The highest BCUT2D eigenvalue weighted by Crippen LogP contribution is 2.41. The number of hydrogen-bond acceptors (Lipinski definition) is 3. The van der Waals surface area contributed by atoms with Crippen LogP contribution < -0.4 is 14.8 Å². The van der Waals surface area contributed by atoms with Gasteiger partial charge in [0.05, 0.1) is 18.7 Å². The molecular formula is C19H20BrNO3. The average molecular weight is 390 g/mol. The Labute approximate surface area is 150 Å². The van der Waals surface area contributed by atoms with Gasteiger partial charge in [-0.2, -0.15) is 0 Å². The zero-order chi connectivity index (χ0) is 17.3. The molecule has 4 nitrogen and oxygen atoms in total. The second-order valence-corrected chi connectivity index (χ2v) is 7.33. The third kappa shape index (κ3) is 3.41. The normalized spacial score (nSPS) is 18.2. The largest absolute Gasteiger partial charge is 0.497 e. The molecule has 1 amide bonds. The van der Waals surface area contributed by atoms with E-state index in [2.05, 4.69) is 21.2 Å². The molecule has 2 aromatic carbocycles. The van der Waals surface area contributed by atoms with Crippen LogP contribution in [0.2, 0.25) is 0 Å². The number of carbonyl (C=O) groups is 1. The summed E-state index contributed by atoms with van der Waals surface area (Å²) in [6, 6.07) is 13.0. The van der Waals surface area contributed by atoms with Crippen LogP contribution in [0.25, 0.3) is 0 Å². The molecule has 3 rings (SSSR count). The van der Waals surface area contributed by atoms with Gasteiger partial charge < -0.3 is 14.8 Å². The first-order valence-corrected chi connectivity index (χ1v) is 8.61. The standard InChI is InChI=1S/C19H20BrNO3/c1-19(2)11-16(14-10-12(23-3)8-9-17(14)24-19)21-18(22)13-6-4-5-7-15(13)20/h4-10,16H,11H2,1-3H3,(H,21,22)/t16-/m1/s1. The van der Waals surface area contributed by atoms with Gasteiger partial charge in [0.2, 0.25) is 0 Å². The van der Waals surface area contributed by atoms with Crippen molar-refractivity contribution in [3.8, 4) is 11.5 Å². The second kappa shape index (κ2) is 6.48. The Hall–Kier alpha value is -2.01. The van der Waals surface area contributed by atoms with E-state index in [-0.39, 0.29) is 17.6 Å². The number of carbonyl (C=O) groups excluding carboxylic acids is 1. The molecule has 0 radical (unpaired) electrons. The molecule has 1 heterocycles. The van der Waals surface area contributed by atoms with Crippen molar-refractivity contribution in [3.63, 3.8) is 0 Å². The topological polar surface area (TPSA) is 47.6 Å². The molecule has 0 aliphatic carbocycles. The zero-order valence-electron chi connectivity index (χ0n) is 13.9. The number of methoxy groups -OCH3 is 1. The lowest BCUT2D eigenvalue weighted by Gasteiger charge is -2.38. The Morgan fingerprint density at radius 3 is 2.75 bits per heavy atom. The molecule has 1 aliphatic heterocycles. The summed E-state index contributed by atoms with van der Waals surface area (Å²) in [4.78, 5) is 12.7. The molecule has 24 heavy (non-hydrogen) atoms. The Morgan fingerprint density at radius 2 is 2.04 bits per heavy atom. The van der Waals surface area contributed by atoms with Gasteiger partial charge in [0, 0.05) is 16.5 Å². The van der Waals surface area contributed by atoms with Gasteiger partial charge in [0.1, 0.15) is 17.1 Å². The van der Waals surface area contributed by atoms with E-state index >= 15 is 0 Å². The summed E-state index contributed by atoms with van der Waals surface area (Å²) in [5.74, 6) is 1.42. The van der Waals surface area contributed by atoms with Crippen LogP contribution in [-0.4, -0.2) is 18.6 Å². The number of halogens is 1. The van der Waals surface area contributed by atoms with Gasteiger partial charge in [0.25, 0.3) is 5.91 Å². The molecule has 1 atom stereocenters. The predicted molar refractivity (Wildman–Crippen MR) is 96.7 cm³/mol. The van der Waals surface area contributed by atoms with Crippen molar-refractivity contribution in [1.82, 2.24) is 5.32 Å². The Bertz CT molecular complexity index is 773. The van der Waals surface area contributed by atoms with E-state index in [1.807, 2.05) is 50.2 Å². The third-order valence-electron chi connectivity index (χ3n) is 4.10. The Balaban J connectivity index is 1.93. The van der Waals surface area contributed by atoms with Crippen LogP contribution >= 0.6 is 15.9 Å². The fraction of sp³-hybridized carbons (Fsp3) is 0.316. The van der Waals surface area contributed by atoms with E-state index in [0.717, 1.165) is 21.5 Å². The Kier molecular flexibility index (Phi) is 4.54. The third-order valence-corrected chi connectivity index (χ3v) is 4.79. The van der Waals surface area contributed by atoms with E-state index in [0.29, 0.717) is 12.0 Å². The van der Waals surface area contributed by atoms with E-state index < -0.39 is 0 Å². The minimum absolute atomic E-state index is 0.112. The van der Waals surface area contributed by atoms with Crippen molar-refractivity contribution >= 4 is 21.8 Å². The number of fused-ring (bicyclic) bond motifs is 1. The van der Waals surface area contributed by atoms with E-state index in [1.54, 1.807) is 13.2 Å². The maximum atomic E-state index is 12.7. The monoisotopic (exact) mass is 389 g/mol. The molecule has 1 aliphatic rings. The number of rotatable bonds is 3. The van der Waals surface area contributed by atoms with Crippen molar-refractivity contribution < 1.29 is 14.3 Å². The van der Waals surface area contributed by atoms with E-state index in [4.69, 9.17) is 9.47 Å². The first kappa shape index (κ1) is 16.8. The van der Waals surface area contributed by atoms with Crippen LogP contribution in [0, 0.1) is 0 Å². The van der Waals surface area contributed by atoms with Crippen molar-refractivity contribution in [3.05, 3.63) is 58.1 Å². The highest BCUT2D eigenvalue weighted by Gasteiger charge is 2.35.